The van der Waals surface area contributed by atoms with Crippen LogP contribution in [0.3, 0.4) is 0 Å². The Kier molecular flexibility index (Phi) is 7.44. The third-order valence-corrected chi connectivity index (χ3v) is 3.07. The molecule has 21 heavy (non-hydrogen) atoms. The molecule has 0 radical (unpaired) electrons. The van der Waals surface area contributed by atoms with E-state index in [-0.39, 0.29) is 42.4 Å². The topological polar surface area (TPSA) is 79.9 Å². The highest BCUT2D eigenvalue weighted by Gasteiger charge is 2.15. The molecule has 0 aromatic heterocycles. The van der Waals surface area contributed by atoms with Crippen molar-refractivity contribution in [1.29, 1.82) is 0 Å². The summed E-state index contributed by atoms with van der Waals surface area (Å²) in [7, 11) is 0. The van der Waals surface area contributed by atoms with E-state index in [0.29, 0.717) is 26.3 Å². The van der Waals surface area contributed by atoms with Crippen LogP contribution in [0, 0.1) is 6.92 Å². The Labute approximate surface area is 141 Å². The fourth-order valence-corrected chi connectivity index (χ4v) is 1.89. The SMILES string of the molecule is Cc1ccc(NC(N)=NCC(=O)N2CCOCC2)cc1.I. The number of ether oxygens (including phenoxy) is 1. The van der Waals surface area contributed by atoms with Gasteiger partial charge in [-0.3, -0.25) is 4.79 Å². The van der Waals surface area contributed by atoms with Crippen LogP contribution in [-0.2, 0) is 9.53 Å². The molecule has 1 aromatic rings. The Hall–Kier alpha value is -1.35. The molecule has 3 N–H and O–H groups in total. The van der Waals surface area contributed by atoms with Crippen molar-refractivity contribution in [3.05, 3.63) is 29.8 Å². The standard InChI is InChI=1S/C14H20N4O2.HI/c1-11-2-4-12(5-3-11)17-14(15)16-10-13(19)18-6-8-20-9-7-18;/h2-5H,6-10H2,1H3,(H3,15,16,17);1H. The van der Waals surface area contributed by atoms with Gasteiger partial charge in [0.2, 0.25) is 5.91 Å². The number of carbonyl (C=O) groups is 1. The average Bonchev–Trinajstić information content (AvgIpc) is 2.48. The first kappa shape index (κ1) is 17.7. The second kappa shape index (κ2) is 8.83. The number of hydrogen-bond acceptors (Lipinski definition) is 3. The van der Waals surface area contributed by atoms with E-state index in [4.69, 9.17) is 10.5 Å². The molecule has 1 saturated heterocycles. The number of nitrogens with zero attached hydrogens (tertiary/aromatic N) is 2. The molecule has 1 aromatic carbocycles. The van der Waals surface area contributed by atoms with E-state index in [9.17, 15) is 4.79 Å². The van der Waals surface area contributed by atoms with Crippen LogP contribution in [0.2, 0.25) is 0 Å². The van der Waals surface area contributed by atoms with E-state index in [1.165, 1.54) is 5.56 Å². The summed E-state index contributed by atoms with van der Waals surface area (Å²) in [6, 6.07) is 7.80. The number of benzene rings is 1. The van der Waals surface area contributed by atoms with Gasteiger partial charge in [-0.15, -0.1) is 24.0 Å². The summed E-state index contributed by atoms with van der Waals surface area (Å²) in [5.74, 6) is 0.220. The highest BCUT2D eigenvalue weighted by atomic mass is 127. The highest BCUT2D eigenvalue weighted by molar-refractivity contribution is 14.0. The summed E-state index contributed by atoms with van der Waals surface area (Å²) in [5, 5.41) is 2.96. The van der Waals surface area contributed by atoms with Gasteiger partial charge < -0.3 is 20.7 Å². The average molecular weight is 404 g/mol. The second-order valence-electron chi connectivity index (χ2n) is 4.69. The third kappa shape index (κ3) is 5.88. The zero-order chi connectivity index (χ0) is 14.4. The molecule has 0 aliphatic carbocycles. The van der Waals surface area contributed by atoms with Crippen molar-refractivity contribution in [2.45, 2.75) is 6.92 Å². The summed E-state index contributed by atoms with van der Waals surface area (Å²) in [6.07, 6.45) is 0. The number of hydrogen-bond donors (Lipinski definition) is 2. The zero-order valence-electron chi connectivity index (χ0n) is 12.0. The lowest BCUT2D eigenvalue weighted by Crippen LogP contribution is -2.42. The first-order chi connectivity index (χ1) is 9.65. The van der Waals surface area contributed by atoms with Gasteiger partial charge in [0.15, 0.2) is 5.96 Å². The minimum Gasteiger partial charge on any atom is -0.378 e. The van der Waals surface area contributed by atoms with E-state index >= 15 is 0 Å². The predicted octanol–water partition coefficient (Wildman–Crippen LogP) is 1.20. The number of halogens is 1. The maximum atomic E-state index is 11.9. The summed E-state index contributed by atoms with van der Waals surface area (Å²) in [5.41, 5.74) is 7.80. The smallest absolute Gasteiger partial charge is 0.244 e. The van der Waals surface area contributed by atoms with Crippen LogP contribution in [-0.4, -0.2) is 49.6 Å². The zero-order valence-corrected chi connectivity index (χ0v) is 14.4. The second-order valence-corrected chi connectivity index (χ2v) is 4.69. The predicted molar refractivity (Wildman–Crippen MR) is 94.1 cm³/mol. The molecule has 116 valence electrons. The highest BCUT2D eigenvalue weighted by Crippen LogP contribution is 2.07. The van der Waals surface area contributed by atoms with Gasteiger partial charge in [0, 0.05) is 18.8 Å². The molecule has 1 aliphatic rings. The third-order valence-electron chi connectivity index (χ3n) is 3.07. The number of anilines is 1. The van der Waals surface area contributed by atoms with Gasteiger partial charge in [-0.25, -0.2) is 4.99 Å². The van der Waals surface area contributed by atoms with Gasteiger partial charge in [0.25, 0.3) is 0 Å². The van der Waals surface area contributed by atoms with Crippen molar-refractivity contribution in [3.8, 4) is 0 Å². The fraction of sp³-hybridized carbons (Fsp3) is 0.429. The van der Waals surface area contributed by atoms with Crippen LogP contribution >= 0.6 is 24.0 Å². The molecule has 1 amide bonds. The molecule has 6 nitrogen and oxygen atoms in total. The number of aliphatic imine (C=N–C) groups is 1. The fourth-order valence-electron chi connectivity index (χ4n) is 1.89. The van der Waals surface area contributed by atoms with E-state index in [1.54, 1.807) is 4.90 Å². The molecular formula is C14H21IN4O2. The van der Waals surface area contributed by atoms with Gasteiger partial charge in [-0.05, 0) is 19.1 Å². The Bertz CT molecular complexity index is 484. The number of guanidine groups is 1. The Balaban J connectivity index is 0.00000220. The number of carbonyl (C=O) groups excluding carboxylic acids is 1. The van der Waals surface area contributed by atoms with Gasteiger partial charge in [-0.2, -0.15) is 0 Å². The maximum Gasteiger partial charge on any atom is 0.244 e. The van der Waals surface area contributed by atoms with Crippen molar-refractivity contribution in [2.75, 3.05) is 38.2 Å². The lowest BCUT2D eigenvalue weighted by atomic mass is 10.2. The summed E-state index contributed by atoms with van der Waals surface area (Å²) < 4.78 is 5.20. The Morgan fingerprint density at radius 3 is 2.57 bits per heavy atom. The number of rotatable bonds is 3. The molecule has 7 heteroatoms. The van der Waals surface area contributed by atoms with Crippen LogP contribution in [0.1, 0.15) is 5.56 Å². The first-order valence-electron chi connectivity index (χ1n) is 6.64. The lowest BCUT2D eigenvalue weighted by molar-refractivity contribution is -0.133. The van der Waals surface area contributed by atoms with Crippen molar-refractivity contribution in [3.63, 3.8) is 0 Å². The molecule has 0 spiro atoms. The minimum atomic E-state index is -0.0260. The van der Waals surface area contributed by atoms with Crippen LogP contribution < -0.4 is 11.1 Å². The molecule has 1 fully saturated rings. The van der Waals surface area contributed by atoms with Crippen molar-refractivity contribution < 1.29 is 9.53 Å². The number of nitrogens with two attached hydrogens (primary N) is 1. The molecule has 1 aliphatic heterocycles. The van der Waals surface area contributed by atoms with Gasteiger partial charge in [-0.1, -0.05) is 17.7 Å². The number of amides is 1. The Morgan fingerprint density at radius 1 is 1.33 bits per heavy atom. The monoisotopic (exact) mass is 404 g/mol. The van der Waals surface area contributed by atoms with E-state index < -0.39 is 0 Å². The van der Waals surface area contributed by atoms with Crippen molar-refractivity contribution in [2.24, 2.45) is 10.7 Å². The van der Waals surface area contributed by atoms with Crippen molar-refractivity contribution in [1.82, 2.24) is 4.90 Å². The van der Waals surface area contributed by atoms with Crippen LogP contribution in [0.25, 0.3) is 0 Å². The van der Waals surface area contributed by atoms with Gasteiger partial charge in [0.05, 0.1) is 13.2 Å². The summed E-state index contributed by atoms with van der Waals surface area (Å²) >= 11 is 0. The number of nitrogens with one attached hydrogen (secondary N) is 1. The largest absolute Gasteiger partial charge is 0.378 e. The van der Waals surface area contributed by atoms with Gasteiger partial charge >= 0.3 is 0 Å². The minimum absolute atomic E-state index is 0. The Morgan fingerprint density at radius 2 is 1.95 bits per heavy atom. The van der Waals surface area contributed by atoms with Crippen molar-refractivity contribution >= 4 is 41.5 Å². The molecule has 0 bridgehead atoms. The van der Waals surface area contributed by atoms with Crippen LogP contribution in [0.4, 0.5) is 5.69 Å². The van der Waals surface area contributed by atoms with E-state index in [1.807, 2.05) is 31.2 Å². The summed E-state index contributed by atoms with van der Waals surface area (Å²) in [6.45, 7) is 4.51. The van der Waals surface area contributed by atoms with E-state index in [2.05, 4.69) is 10.3 Å². The van der Waals surface area contributed by atoms with Crippen LogP contribution in [0.5, 0.6) is 0 Å². The molecule has 0 atom stereocenters. The maximum absolute atomic E-state index is 11.9. The quantitative estimate of drug-likeness (QED) is 0.451. The molecular weight excluding hydrogens is 383 g/mol. The lowest BCUT2D eigenvalue weighted by Gasteiger charge is -2.26. The molecule has 1 heterocycles. The molecule has 0 unspecified atom stereocenters. The number of aryl methyl sites for hydroxylation is 1. The van der Waals surface area contributed by atoms with E-state index in [0.717, 1.165) is 5.69 Å². The van der Waals surface area contributed by atoms with Crippen LogP contribution in [0.15, 0.2) is 29.3 Å². The summed E-state index contributed by atoms with van der Waals surface area (Å²) in [4.78, 5) is 17.7. The normalized spacial score (nSPS) is 15.3. The molecule has 2 rings (SSSR count). The van der Waals surface area contributed by atoms with Gasteiger partial charge in [0.1, 0.15) is 6.54 Å². The first-order valence-corrected chi connectivity index (χ1v) is 6.64. The molecule has 0 saturated carbocycles. The number of morpholine rings is 1.